The largest absolute Gasteiger partial charge is 0.494 e. The number of halogens is 1. The predicted octanol–water partition coefficient (Wildman–Crippen LogP) is 3.46. The summed E-state index contributed by atoms with van der Waals surface area (Å²) in [6.07, 6.45) is 2.75. The first-order valence-corrected chi connectivity index (χ1v) is 7.35. The van der Waals surface area contributed by atoms with Crippen LogP contribution in [0.1, 0.15) is 18.9 Å². The monoisotopic (exact) mass is 322 g/mol. The highest BCUT2D eigenvalue weighted by atomic mass is 35.5. The first kappa shape index (κ1) is 18.3. The molecule has 0 aliphatic heterocycles. The maximum absolute atomic E-state index is 5.62. The first-order chi connectivity index (χ1) is 10.4. The van der Waals surface area contributed by atoms with Crippen molar-refractivity contribution in [2.24, 2.45) is 0 Å². The maximum Gasteiger partial charge on any atom is 0.213 e. The van der Waals surface area contributed by atoms with Crippen molar-refractivity contribution in [2.45, 2.75) is 19.9 Å². The lowest BCUT2D eigenvalue weighted by molar-refractivity contribution is 0.302. The van der Waals surface area contributed by atoms with Crippen LogP contribution in [0.2, 0.25) is 0 Å². The molecule has 0 unspecified atom stereocenters. The smallest absolute Gasteiger partial charge is 0.213 e. The zero-order valence-corrected chi connectivity index (χ0v) is 13.6. The predicted molar refractivity (Wildman–Crippen MR) is 90.9 cm³/mol. The normalized spacial score (nSPS) is 9.86. The molecule has 22 heavy (non-hydrogen) atoms. The number of hydrogen-bond acceptors (Lipinski definition) is 4. The molecule has 1 heterocycles. The van der Waals surface area contributed by atoms with E-state index in [0.29, 0.717) is 12.5 Å². The van der Waals surface area contributed by atoms with Crippen molar-refractivity contribution in [3.8, 4) is 11.6 Å². The molecule has 0 bridgehead atoms. The zero-order chi connectivity index (χ0) is 14.8. The minimum atomic E-state index is 0. The summed E-state index contributed by atoms with van der Waals surface area (Å²) in [6.45, 7) is 5.04. The molecular weight excluding hydrogens is 300 g/mol. The third-order valence-electron chi connectivity index (χ3n) is 2.87. The summed E-state index contributed by atoms with van der Waals surface area (Å²) in [5.41, 5.74) is 1.21. The van der Waals surface area contributed by atoms with E-state index >= 15 is 0 Å². The number of hydrogen-bond donors (Lipinski definition) is 1. The van der Waals surface area contributed by atoms with Crippen LogP contribution in [0.4, 0.5) is 0 Å². The molecule has 0 aliphatic rings. The third kappa shape index (κ3) is 6.78. The Morgan fingerprint density at radius 3 is 2.73 bits per heavy atom. The van der Waals surface area contributed by atoms with Gasteiger partial charge in [0.25, 0.3) is 0 Å². The second-order valence-electron chi connectivity index (χ2n) is 4.69. The van der Waals surface area contributed by atoms with Crippen molar-refractivity contribution in [1.82, 2.24) is 10.3 Å². The lowest BCUT2D eigenvalue weighted by atomic mass is 10.2. The van der Waals surface area contributed by atoms with Gasteiger partial charge in [-0.3, -0.25) is 0 Å². The Hall–Kier alpha value is -1.78. The van der Waals surface area contributed by atoms with Gasteiger partial charge in [0.2, 0.25) is 5.88 Å². The quantitative estimate of drug-likeness (QED) is 0.718. The van der Waals surface area contributed by atoms with E-state index in [4.69, 9.17) is 9.47 Å². The van der Waals surface area contributed by atoms with Crippen molar-refractivity contribution in [3.05, 3.63) is 54.2 Å². The van der Waals surface area contributed by atoms with Gasteiger partial charge in [-0.1, -0.05) is 25.1 Å². The number of pyridine rings is 1. The first-order valence-electron chi connectivity index (χ1n) is 7.35. The van der Waals surface area contributed by atoms with Crippen LogP contribution in [0.5, 0.6) is 11.6 Å². The van der Waals surface area contributed by atoms with Crippen molar-refractivity contribution in [1.29, 1.82) is 0 Å². The molecule has 1 aromatic carbocycles. The van der Waals surface area contributed by atoms with Gasteiger partial charge < -0.3 is 14.8 Å². The van der Waals surface area contributed by atoms with E-state index in [-0.39, 0.29) is 12.4 Å². The summed E-state index contributed by atoms with van der Waals surface area (Å²) in [5.74, 6) is 1.59. The van der Waals surface area contributed by atoms with Crippen LogP contribution in [0.15, 0.2) is 48.7 Å². The molecule has 5 heteroatoms. The summed E-state index contributed by atoms with van der Waals surface area (Å²) >= 11 is 0. The van der Waals surface area contributed by atoms with E-state index < -0.39 is 0 Å². The number of ether oxygens (including phenoxy) is 2. The highest BCUT2D eigenvalue weighted by Crippen LogP contribution is 2.13. The Balaban J connectivity index is 0.00000242. The Labute approximate surface area is 138 Å². The standard InChI is InChI=1S/C17H22N2O2.ClH/c1-2-11-20-16-7-5-6-15(13-16)14-18-10-12-21-17-8-3-4-9-19-17;/h3-9,13,18H,2,10-12,14H2,1H3;1H. The van der Waals surface area contributed by atoms with Gasteiger partial charge in [-0.15, -0.1) is 12.4 Å². The van der Waals surface area contributed by atoms with Crippen molar-refractivity contribution < 1.29 is 9.47 Å². The van der Waals surface area contributed by atoms with Crippen molar-refractivity contribution in [3.63, 3.8) is 0 Å². The SMILES string of the molecule is CCCOc1cccc(CNCCOc2ccccn2)c1.Cl. The third-order valence-corrected chi connectivity index (χ3v) is 2.87. The molecule has 0 aliphatic carbocycles. The highest BCUT2D eigenvalue weighted by molar-refractivity contribution is 5.85. The Morgan fingerprint density at radius 2 is 1.95 bits per heavy atom. The zero-order valence-electron chi connectivity index (χ0n) is 12.8. The van der Waals surface area contributed by atoms with E-state index in [0.717, 1.165) is 31.9 Å². The molecule has 0 atom stereocenters. The Morgan fingerprint density at radius 1 is 1.05 bits per heavy atom. The number of nitrogens with one attached hydrogen (secondary N) is 1. The lowest BCUT2D eigenvalue weighted by Crippen LogP contribution is -2.20. The molecule has 4 nitrogen and oxygen atoms in total. The van der Waals surface area contributed by atoms with Crippen LogP contribution in [0.3, 0.4) is 0 Å². The molecule has 0 saturated carbocycles. The topological polar surface area (TPSA) is 43.4 Å². The molecule has 1 N–H and O–H groups in total. The van der Waals surface area contributed by atoms with Gasteiger partial charge in [-0.25, -0.2) is 4.98 Å². The summed E-state index contributed by atoms with van der Waals surface area (Å²) in [5, 5.41) is 3.35. The van der Waals surface area contributed by atoms with Gasteiger partial charge in [0, 0.05) is 25.4 Å². The van der Waals surface area contributed by atoms with Crippen LogP contribution < -0.4 is 14.8 Å². The average molecular weight is 323 g/mol. The minimum Gasteiger partial charge on any atom is -0.494 e. The van der Waals surface area contributed by atoms with Gasteiger partial charge in [0.05, 0.1) is 6.61 Å². The molecule has 120 valence electrons. The maximum atomic E-state index is 5.62. The van der Waals surface area contributed by atoms with Crippen molar-refractivity contribution in [2.75, 3.05) is 19.8 Å². The number of aromatic nitrogens is 1. The Kier molecular flexibility index (Phi) is 9.03. The van der Waals surface area contributed by atoms with Crippen LogP contribution in [0, 0.1) is 0 Å². The molecule has 1 aromatic heterocycles. The van der Waals surface area contributed by atoms with E-state index in [1.807, 2.05) is 30.3 Å². The number of rotatable bonds is 9. The molecular formula is C17H23ClN2O2. The lowest BCUT2D eigenvalue weighted by Gasteiger charge is -2.09. The number of benzene rings is 1. The van der Waals surface area contributed by atoms with Gasteiger partial charge in [0.1, 0.15) is 12.4 Å². The van der Waals surface area contributed by atoms with Gasteiger partial charge in [0.15, 0.2) is 0 Å². The fraction of sp³-hybridized carbons (Fsp3) is 0.353. The minimum absolute atomic E-state index is 0. The molecule has 0 radical (unpaired) electrons. The van der Waals surface area contributed by atoms with Crippen LogP contribution in [-0.2, 0) is 6.54 Å². The van der Waals surface area contributed by atoms with Crippen molar-refractivity contribution >= 4 is 12.4 Å². The summed E-state index contributed by atoms with van der Waals surface area (Å²) in [6, 6.07) is 13.8. The van der Waals surface area contributed by atoms with Gasteiger partial charge in [-0.2, -0.15) is 0 Å². The average Bonchev–Trinajstić information content (AvgIpc) is 2.54. The van der Waals surface area contributed by atoms with Crippen LogP contribution in [0.25, 0.3) is 0 Å². The molecule has 0 spiro atoms. The van der Waals surface area contributed by atoms with E-state index in [9.17, 15) is 0 Å². The highest BCUT2D eigenvalue weighted by Gasteiger charge is 1.97. The van der Waals surface area contributed by atoms with E-state index in [1.54, 1.807) is 6.20 Å². The second kappa shape index (κ2) is 10.9. The van der Waals surface area contributed by atoms with Crippen LogP contribution in [-0.4, -0.2) is 24.7 Å². The fourth-order valence-electron chi connectivity index (χ4n) is 1.86. The van der Waals surface area contributed by atoms with E-state index in [1.165, 1.54) is 5.56 Å². The van der Waals surface area contributed by atoms with Gasteiger partial charge in [-0.05, 0) is 30.2 Å². The molecule has 2 rings (SSSR count). The summed E-state index contributed by atoms with van der Waals surface area (Å²) in [7, 11) is 0. The van der Waals surface area contributed by atoms with E-state index in [2.05, 4.69) is 29.4 Å². The van der Waals surface area contributed by atoms with Gasteiger partial charge >= 0.3 is 0 Å². The fourth-order valence-corrected chi connectivity index (χ4v) is 1.86. The molecule has 0 amide bonds. The Bertz CT molecular complexity index is 523. The second-order valence-corrected chi connectivity index (χ2v) is 4.69. The van der Waals surface area contributed by atoms with Crippen LogP contribution >= 0.6 is 12.4 Å². The molecule has 2 aromatic rings. The summed E-state index contributed by atoms with van der Waals surface area (Å²) < 4.78 is 11.1. The number of nitrogens with zero attached hydrogens (tertiary/aromatic N) is 1. The molecule has 0 fully saturated rings. The summed E-state index contributed by atoms with van der Waals surface area (Å²) in [4.78, 5) is 4.11. The molecule has 0 saturated heterocycles.